The van der Waals surface area contributed by atoms with Crippen LogP contribution in [0.1, 0.15) is 5.56 Å². The Morgan fingerprint density at radius 1 is 1.19 bits per heavy atom. The minimum absolute atomic E-state index is 0.372. The summed E-state index contributed by atoms with van der Waals surface area (Å²) >= 11 is 6.21. The van der Waals surface area contributed by atoms with Crippen LogP contribution in [0.25, 0.3) is 27.8 Å². The number of halogens is 1. The number of aryl methyl sites for hydroxylation is 1. The molecule has 0 saturated carbocycles. The molecule has 27 heavy (non-hydrogen) atoms. The maximum Gasteiger partial charge on any atom is 0.354 e. The lowest BCUT2D eigenvalue weighted by Crippen LogP contribution is -2.25. The maximum atomic E-state index is 12.9. The molecule has 138 valence electrons. The second-order valence-corrected chi connectivity index (χ2v) is 6.80. The van der Waals surface area contributed by atoms with Crippen LogP contribution in [-0.4, -0.2) is 29.7 Å². The van der Waals surface area contributed by atoms with E-state index in [0.717, 1.165) is 23.2 Å². The average molecular weight is 383 g/mol. The van der Waals surface area contributed by atoms with Crippen molar-refractivity contribution in [2.75, 3.05) is 25.5 Å². The number of fused-ring (bicyclic) bond motifs is 3. The molecule has 0 aliphatic heterocycles. The number of hydrogen-bond acceptors (Lipinski definition) is 5. The SMILES string of the molecule is CNCCNc1nc(=O)n(-c2cccc(C)c2)c2c1oc1ccc(Cl)cc12. The standard InChI is InChI=1S/C20H19ClN4O2/c1-12-4-3-5-14(10-12)25-17-15-11-13(21)6-7-16(15)27-18(17)19(24-20(25)26)23-9-8-22-2/h3-7,10-11,22H,8-9H2,1-2H3,(H,23,24,26). The molecule has 0 saturated heterocycles. The van der Waals surface area contributed by atoms with Gasteiger partial charge in [0, 0.05) is 23.5 Å². The molecule has 6 nitrogen and oxygen atoms in total. The first-order valence-electron chi connectivity index (χ1n) is 8.69. The van der Waals surface area contributed by atoms with Crippen molar-refractivity contribution in [1.82, 2.24) is 14.9 Å². The number of likely N-dealkylation sites (N-methyl/N-ethyl adjacent to an activating group) is 1. The molecule has 2 aromatic carbocycles. The molecule has 2 N–H and O–H groups in total. The molecular weight excluding hydrogens is 364 g/mol. The van der Waals surface area contributed by atoms with Crippen LogP contribution in [0.4, 0.5) is 5.82 Å². The monoisotopic (exact) mass is 382 g/mol. The molecule has 0 atom stereocenters. The van der Waals surface area contributed by atoms with Crippen LogP contribution in [-0.2, 0) is 0 Å². The lowest BCUT2D eigenvalue weighted by molar-refractivity contribution is 0.663. The van der Waals surface area contributed by atoms with Crippen molar-refractivity contribution in [1.29, 1.82) is 0 Å². The van der Waals surface area contributed by atoms with Gasteiger partial charge in [0.15, 0.2) is 11.4 Å². The van der Waals surface area contributed by atoms with Crippen LogP contribution >= 0.6 is 11.6 Å². The summed E-state index contributed by atoms with van der Waals surface area (Å²) < 4.78 is 7.63. The van der Waals surface area contributed by atoms with Gasteiger partial charge in [-0.1, -0.05) is 23.7 Å². The van der Waals surface area contributed by atoms with E-state index < -0.39 is 0 Å². The number of anilines is 1. The molecule has 0 unspecified atom stereocenters. The van der Waals surface area contributed by atoms with Gasteiger partial charge in [-0.3, -0.25) is 4.57 Å². The van der Waals surface area contributed by atoms with E-state index in [-0.39, 0.29) is 5.69 Å². The highest BCUT2D eigenvalue weighted by Crippen LogP contribution is 2.34. The molecule has 0 bridgehead atoms. The van der Waals surface area contributed by atoms with Gasteiger partial charge in [0.2, 0.25) is 0 Å². The zero-order valence-corrected chi connectivity index (χ0v) is 15.8. The van der Waals surface area contributed by atoms with Crippen LogP contribution in [0.15, 0.2) is 51.7 Å². The summed E-state index contributed by atoms with van der Waals surface area (Å²) in [5.41, 5.74) is 3.26. The maximum absolute atomic E-state index is 12.9. The third-order valence-corrected chi connectivity index (χ3v) is 4.62. The molecule has 0 amide bonds. The van der Waals surface area contributed by atoms with E-state index >= 15 is 0 Å². The number of furan rings is 1. The summed E-state index contributed by atoms with van der Waals surface area (Å²) in [7, 11) is 1.86. The van der Waals surface area contributed by atoms with E-state index in [2.05, 4.69) is 15.6 Å². The Bertz CT molecular complexity index is 1200. The molecule has 0 aliphatic carbocycles. The molecule has 0 radical (unpaired) electrons. The third-order valence-electron chi connectivity index (χ3n) is 4.39. The summed E-state index contributed by atoms with van der Waals surface area (Å²) in [5.74, 6) is 0.432. The van der Waals surface area contributed by atoms with Crippen molar-refractivity contribution in [3.05, 3.63) is 63.5 Å². The van der Waals surface area contributed by atoms with E-state index in [0.29, 0.717) is 34.1 Å². The normalized spacial score (nSPS) is 11.4. The fraction of sp³-hybridized carbons (Fsp3) is 0.200. The van der Waals surface area contributed by atoms with E-state index in [9.17, 15) is 4.79 Å². The van der Waals surface area contributed by atoms with Gasteiger partial charge in [-0.15, -0.1) is 0 Å². The zero-order chi connectivity index (χ0) is 19.0. The fourth-order valence-corrected chi connectivity index (χ4v) is 3.34. The topological polar surface area (TPSA) is 72.1 Å². The molecule has 0 fully saturated rings. The van der Waals surface area contributed by atoms with E-state index in [1.807, 2.05) is 44.3 Å². The summed E-state index contributed by atoms with van der Waals surface area (Å²) in [6.07, 6.45) is 0. The van der Waals surface area contributed by atoms with Gasteiger partial charge >= 0.3 is 5.69 Å². The zero-order valence-electron chi connectivity index (χ0n) is 15.0. The van der Waals surface area contributed by atoms with Crippen LogP contribution in [0, 0.1) is 6.92 Å². The van der Waals surface area contributed by atoms with Gasteiger partial charge < -0.3 is 15.1 Å². The largest absolute Gasteiger partial charge is 0.450 e. The molecule has 4 rings (SSSR count). The van der Waals surface area contributed by atoms with Gasteiger partial charge in [0.1, 0.15) is 11.1 Å². The lowest BCUT2D eigenvalue weighted by atomic mass is 10.2. The van der Waals surface area contributed by atoms with E-state index in [1.165, 1.54) is 0 Å². The first-order valence-corrected chi connectivity index (χ1v) is 9.06. The Labute approximate surface area is 160 Å². The van der Waals surface area contributed by atoms with Crippen LogP contribution in [0.3, 0.4) is 0 Å². The number of nitrogens with zero attached hydrogens (tertiary/aromatic N) is 2. The van der Waals surface area contributed by atoms with Gasteiger partial charge in [0.05, 0.1) is 5.69 Å². The summed E-state index contributed by atoms with van der Waals surface area (Å²) in [5, 5.41) is 7.59. The number of nitrogens with one attached hydrogen (secondary N) is 2. The first kappa shape index (κ1) is 17.6. The molecule has 0 aliphatic rings. The fourth-order valence-electron chi connectivity index (χ4n) is 3.16. The minimum atomic E-state index is -0.372. The second-order valence-electron chi connectivity index (χ2n) is 6.37. The Hall–Kier alpha value is -2.83. The van der Waals surface area contributed by atoms with Crippen molar-refractivity contribution in [3.63, 3.8) is 0 Å². The highest BCUT2D eigenvalue weighted by atomic mass is 35.5. The summed E-state index contributed by atoms with van der Waals surface area (Å²) in [4.78, 5) is 17.2. The van der Waals surface area contributed by atoms with Crippen molar-refractivity contribution in [2.24, 2.45) is 0 Å². The lowest BCUT2D eigenvalue weighted by Gasteiger charge is -2.11. The molecule has 2 heterocycles. The van der Waals surface area contributed by atoms with Gasteiger partial charge in [-0.25, -0.2) is 4.79 Å². The smallest absolute Gasteiger partial charge is 0.354 e. The Morgan fingerprint density at radius 3 is 2.81 bits per heavy atom. The first-order chi connectivity index (χ1) is 13.1. The van der Waals surface area contributed by atoms with Gasteiger partial charge in [-0.05, 0) is 49.9 Å². The molecule has 7 heteroatoms. The molecule has 0 spiro atoms. The highest BCUT2D eigenvalue weighted by molar-refractivity contribution is 6.31. The quantitative estimate of drug-likeness (QED) is 0.515. The Morgan fingerprint density at radius 2 is 2.04 bits per heavy atom. The van der Waals surface area contributed by atoms with Crippen LogP contribution in [0.2, 0.25) is 5.02 Å². The average Bonchev–Trinajstić information content (AvgIpc) is 3.01. The van der Waals surface area contributed by atoms with Crippen molar-refractivity contribution in [3.8, 4) is 5.69 Å². The Kier molecular flexibility index (Phi) is 4.59. The van der Waals surface area contributed by atoms with Crippen molar-refractivity contribution in [2.45, 2.75) is 6.92 Å². The molecular formula is C20H19ClN4O2. The molecule has 4 aromatic rings. The number of rotatable bonds is 5. The van der Waals surface area contributed by atoms with Gasteiger partial charge in [0.25, 0.3) is 0 Å². The van der Waals surface area contributed by atoms with Gasteiger partial charge in [-0.2, -0.15) is 4.98 Å². The predicted octanol–water partition coefficient (Wildman–Crippen LogP) is 3.73. The van der Waals surface area contributed by atoms with Crippen molar-refractivity contribution >= 4 is 39.5 Å². The summed E-state index contributed by atoms with van der Waals surface area (Å²) in [6, 6.07) is 13.1. The highest BCUT2D eigenvalue weighted by Gasteiger charge is 2.19. The van der Waals surface area contributed by atoms with Crippen molar-refractivity contribution < 1.29 is 4.42 Å². The van der Waals surface area contributed by atoms with E-state index in [4.69, 9.17) is 16.0 Å². The number of benzene rings is 2. The third kappa shape index (κ3) is 3.18. The number of aromatic nitrogens is 2. The molecule has 2 aromatic heterocycles. The minimum Gasteiger partial charge on any atom is -0.450 e. The summed E-state index contributed by atoms with van der Waals surface area (Å²) in [6.45, 7) is 3.33. The van der Waals surface area contributed by atoms with Crippen LogP contribution < -0.4 is 16.3 Å². The predicted molar refractivity (Wildman–Crippen MR) is 109 cm³/mol. The number of hydrogen-bond donors (Lipinski definition) is 2. The van der Waals surface area contributed by atoms with E-state index in [1.54, 1.807) is 16.7 Å². The second kappa shape index (κ2) is 7.06. The Balaban J connectivity index is 2.07. The van der Waals surface area contributed by atoms with Crippen LogP contribution in [0.5, 0.6) is 0 Å².